The monoisotopic (exact) mass is 344 g/mol. The van der Waals surface area contributed by atoms with Crippen LogP contribution in [0.2, 0.25) is 0 Å². The van der Waals surface area contributed by atoms with Crippen molar-refractivity contribution in [2.75, 3.05) is 14.2 Å². The lowest BCUT2D eigenvalue weighted by molar-refractivity contribution is -0.131. The summed E-state index contributed by atoms with van der Waals surface area (Å²) >= 11 is 0. The maximum absolute atomic E-state index is 10.6. The largest absolute Gasteiger partial charge is 0.496 e. The Morgan fingerprint density at radius 1 is 1.04 bits per heavy atom. The number of methoxy groups -OCH3 is 2. The summed E-state index contributed by atoms with van der Waals surface area (Å²) in [6.45, 7) is 0.134. The van der Waals surface area contributed by atoms with Crippen LogP contribution in [0.4, 0.5) is 0 Å². The first-order chi connectivity index (χ1) is 12.1. The van der Waals surface area contributed by atoms with Crippen molar-refractivity contribution in [2.45, 2.75) is 13.2 Å². The molecule has 0 aliphatic heterocycles. The van der Waals surface area contributed by atoms with Crippen LogP contribution in [-0.4, -0.2) is 30.4 Å². The van der Waals surface area contributed by atoms with Gasteiger partial charge in [-0.05, 0) is 41.5 Å². The molecule has 0 atom stereocenters. The normalized spacial score (nSPS) is 10.7. The number of rotatable bonds is 8. The molecule has 2 N–H and O–H groups in total. The quantitative estimate of drug-likeness (QED) is 0.716. The summed E-state index contributed by atoms with van der Waals surface area (Å²) in [6.07, 6.45) is 2.57. The highest BCUT2D eigenvalue weighted by atomic mass is 16.5. The molecule has 0 unspecified atom stereocenters. The Kier molecular flexibility index (Phi) is 6.42. The standard InChI is InChI=1S/C19H20O6/c1-23-16-6-3-13(5-8-19(21)22)9-15(16)12-25-17-7-4-14(11-20)10-18(17)24-2/h3-10,20H,11-12H2,1-2H3,(H,21,22). The molecule has 25 heavy (non-hydrogen) atoms. The van der Waals surface area contributed by atoms with Crippen molar-refractivity contribution in [3.8, 4) is 17.2 Å². The molecule has 0 amide bonds. The zero-order chi connectivity index (χ0) is 18.2. The fourth-order valence-corrected chi connectivity index (χ4v) is 2.27. The maximum Gasteiger partial charge on any atom is 0.328 e. The Morgan fingerprint density at radius 2 is 1.76 bits per heavy atom. The second-order valence-electron chi connectivity index (χ2n) is 5.17. The minimum atomic E-state index is -1.01. The van der Waals surface area contributed by atoms with E-state index in [1.165, 1.54) is 13.2 Å². The van der Waals surface area contributed by atoms with E-state index < -0.39 is 5.97 Å². The van der Waals surface area contributed by atoms with Gasteiger partial charge in [-0.1, -0.05) is 12.1 Å². The molecule has 0 heterocycles. The number of aliphatic carboxylic acids is 1. The highest BCUT2D eigenvalue weighted by Gasteiger charge is 2.09. The van der Waals surface area contributed by atoms with E-state index in [0.717, 1.165) is 22.8 Å². The Labute approximate surface area is 145 Å². The number of hydrogen-bond donors (Lipinski definition) is 2. The van der Waals surface area contributed by atoms with Crippen molar-refractivity contribution in [1.82, 2.24) is 0 Å². The Morgan fingerprint density at radius 3 is 2.40 bits per heavy atom. The summed E-state index contributed by atoms with van der Waals surface area (Å²) in [5.74, 6) is 0.682. The molecular weight excluding hydrogens is 324 g/mol. The molecule has 6 heteroatoms. The van der Waals surface area contributed by atoms with Gasteiger partial charge in [0.1, 0.15) is 12.4 Å². The summed E-state index contributed by atoms with van der Waals surface area (Å²) < 4.78 is 16.4. The minimum Gasteiger partial charge on any atom is -0.496 e. The SMILES string of the molecule is COc1ccc(C=CC(=O)O)cc1COc1ccc(CO)cc1OC. The number of ether oxygens (including phenoxy) is 3. The van der Waals surface area contributed by atoms with E-state index in [1.54, 1.807) is 43.5 Å². The van der Waals surface area contributed by atoms with E-state index in [2.05, 4.69) is 0 Å². The third-order valence-electron chi connectivity index (χ3n) is 3.52. The van der Waals surface area contributed by atoms with Crippen LogP contribution >= 0.6 is 0 Å². The number of benzene rings is 2. The average Bonchev–Trinajstić information content (AvgIpc) is 2.64. The summed E-state index contributed by atoms with van der Waals surface area (Å²) in [7, 11) is 3.09. The summed E-state index contributed by atoms with van der Waals surface area (Å²) in [6, 6.07) is 10.5. The predicted molar refractivity (Wildman–Crippen MR) is 92.9 cm³/mol. The van der Waals surface area contributed by atoms with E-state index in [4.69, 9.17) is 19.3 Å². The number of carbonyl (C=O) groups is 1. The highest BCUT2D eigenvalue weighted by Crippen LogP contribution is 2.30. The van der Waals surface area contributed by atoms with Crippen molar-refractivity contribution in [3.63, 3.8) is 0 Å². The van der Waals surface area contributed by atoms with E-state index in [1.807, 2.05) is 0 Å². The van der Waals surface area contributed by atoms with Gasteiger partial charge in [-0.15, -0.1) is 0 Å². The summed E-state index contributed by atoms with van der Waals surface area (Å²) in [5.41, 5.74) is 2.22. The van der Waals surface area contributed by atoms with Gasteiger partial charge in [0.2, 0.25) is 0 Å². The van der Waals surface area contributed by atoms with E-state index >= 15 is 0 Å². The number of hydrogen-bond acceptors (Lipinski definition) is 5. The molecule has 0 radical (unpaired) electrons. The van der Waals surface area contributed by atoms with E-state index in [9.17, 15) is 9.90 Å². The lowest BCUT2D eigenvalue weighted by Gasteiger charge is -2.14. The Bertz CT molecular complexity index is 767. The van der Waals surface area contributed by atoms with Crippen LogP contribution in [0, 0.1) is 0 Å². The van der Waals surface area contributed by atoms with Crippen molar-refractivity contribution >= 4 is 12.0 Å². The fraction of sp³-hybridized carbons (Fsp3) is 0.211. The first-order valence-corrected chi connectivity index (χ1v) is 7.56. The lowest BCUT2D eigenvalue weighted by atomic mass is 10.1. The third kappa shape index (κ3) is 4.99. The molecule has 132 valence electrons. The molecule has 0 bridgehead atoms. The number of carboxylic acids is 1. The van der Waals surface area contributed by atoms with Gasteiger partial charge >= 0.3 is 5.97 Å². The molecule has 0 saturated heterocycles. The first-order valence-electron chi connectivity index (χ1n) is 7.56. The first kappa shape index (κ1) is 18.4. The van der Waals surface area contributed by atoms with Crippen molar-refractivity contribution < 1.29 is 29.2 Å². The number of aliphatic hydroxyl groups is 1. The van der Waals surface area contributed by atoms with Crippen LogP contribution < -0.4 is 14.2 Å². The van der Waals surface area contributed by atoms with Gasteiger partial charge in [-0.3, -0.25) is 0 Å². The van der Waals surface area contributed by atoms with Crippen molar-refractivity contribution in [2.24, 2.45) is 0 Å². The van der Waals surface area contributed by atoms with Gasteiger partial charge in [0.15, 0.2) is 11.5 Å². The van der Waals surface area contributed by atoms with Crippen LogP contribution in [0.5, 0.6) is 17.2 Å². The molecule has 0 aromatic heterocycles. The van der Waals surface area contributed by atoms with Gasteiger partial charge < -0.3 is 24.4 Å². The summed E-state index contributed by atoms with van der Waals surface area (Å²) in [4.78, 5) is 10.6. The van der Waals surface area contributed by atoms with Crippen LogP contribution in [0.1, 0.15) is 16.7 Å². The molecule has 2 aromatic carbocycles. The highest BCUT2D eigenvalue weighted by molar-refractivity contribution is 5.85. The predicted octanol–water partition coefficient (Wildman–Crippen LogP) is 2.87. The molecule has 0 aliphatic carbocycles. The van der Waals surface area contributed by atoms with Crippen LogP contribution in [0.3, 0.4) is 0 Å². The third-order valence-corrected chi connectivity index (χ3v) is 3.52. The van der Waals surface area contributed by atoms with Crippen molar-refractivity contribution in [3.05, 3.63) is 59.2 Å². The van der Waals surface area contributed by atoms with E-state index in [-0.39, 0.29) is 13.2 Å². The molecule has 2 rings (SSSR count). The number of aliphatic hydroxyl groups excluding tert-OH is 1. The molecule has 0 spiro atoms. The van der Waals surface area contributed by atoms with E-state index in [0.29, 0.717) is 17.2 Å². The zero-order valence-corrected chi connectivity index (χ0v) is 14.1. The summed E-state index contributed by atoms with van der Waals surface area (Å²) in [5, 5.41) is 17.9. The average molecular weight is 344 g/mol. The van der Waals surface area contributed by atoms with Gasteiger partial charge in [0, 0.05) is 11.6 Å². The Hall–Kier alpha value is -2.99. The second kappa shape index (κ2) is 8.75. The van der Waals surface area contributed by atoms with Gasteiger partial charge in [-0.2, -0.15) is 0 Å². The molecule has 2 aromatic rings. The minimum absolute atomic E-state index is 0.0809. The van der Waals surface area contributed by atoms with Gasteiger partial charge in [-0.25, -0.2) is 4.79 Å². The second-order valence-corrected chi connectivity index (χ2v) is 5.17. The van der Waals surface area contributed by atoms with Gasteiger partial charge in [0.05, 0.1) is 20.8 Å². The maximum atomic E-state index is 10.6. The Balaban J connectivity index is 2.21. The molecular formula is C19H20O6. The van der Waals surface area contributed by atoms with Crippen LogP contribution in [-0.2, 0) is 18.0 Å². The molecule has 6 nitrogen and oxygen atoms in total. The van der Waals surface area contributed by atoms with Crippen LogP contribution in [0.15, 0.2) is 42.5 Å². The zero-order valence-electron chi connectivity index (χ0n) is 14.1. The number of carboxylic acid groups (broad SMARTS) is 1. The molecule has 0 aliphatic rings. The van der Waals surface area contributed by atoms with Gasteiger partial charge in [0.25, 0.3) is 0 Å². The molecule has 0 fully saturated rings. The smallest absolute Gasteiger partial charge is 0.328 e. The van der Waals surface area contributed by atoms with Crippen molar-refractivity contribution in [1.29, 1.82) is 0 Å². The lowest BCUT2D eigenvalue weighted by Crippen LogP contribution is -2.01. The fourth-order valence-electron chi connectivity index (χ4n) is 2.27. The topological polar surface area (TPSA) is 85.2 Å². The molecule has 0 saturated carbocycles. The van der Waals surface area contributed by atoms with Crippen LogP contribution in [0.25, 0.3) is 6.08 Å².